The zero-order valence-corrected chi connectivity index (χ0v) is 12.3. The Balaban J connectivity index is 2.10. The SMILES string of the molecule is Cc1cc(C)cc(C(C)NC(C)c2ccccc2)c1. The van der Waals surface area contributed by atoms with Crippen molar-refractivity contribution >= 4 is 0 Å². The highest BCUT2D eigenvalue weighted by Crippen LogP contribution is 2.21. The molecule has 0 aliphatic rings. The van der Waals surface area contributed by atoms with E-state index in [1.807, 2.05) is 0 Å². The van der Waals surface area contributed by atoms with Gasteiger partial charge in [0.25, 0.3) is 0 Å². The smallest absolute Gasteiger partial charge is 0.0297 e. The van der Waals surface area contributed by atoms with E-state index in [2.05, 4.69) is 81.5 Å². The average Bonchev–Trinajstić information content (AvgIpc) is 2.38. The highest BCUT2D eigenvalue weighted by atomic mass is 14.9. The van der Waals surface area contributed by atoms with Crippen LogP contribution < -0.4 is 5.32 Å². The molecule has 0 saturated carbocycles. The zero-order chi connectivity index (χ0) is 13.8. The van der Waals surface area contributed by atoms with Crippen molar-refractivity contribution < 1.29 is 0 Å². The first kappa shape index (κ1) is 13.8. The van der Waals surface area contributed by atoms with Gasteiger partial charge in [-0.2, -0.15) is 0 Å². The van der Waals surface area contributed by atoms with Crippen LogP contribution in [0.2, 0.25) is 0 Å². The normalized spacial score (nSPS) is 14.1. The minimum atomic E-state index is 0.355. The summed E-state index contributed by atoms with van der Waals surface area (Å²) in [5.41, 5.74) is 5.35. The molecule has 2 aromatic rings. The lowest BCUT2D eigenvalue weighted by molar-refractivity contribution is 0.494. The number of aryl methyl sites for hydroxylation is 2. The van der Waals surface area contributed by atoms with Crippen LogP contribution in [0.4, 0.5) is 0 Å². The van der Waals surface area contributed by atoms with E-state index in [9.17, 15) is 0 Å². The standard InChI is InChI=1S/C18H23N/c1-13-10-14(2)12-18(11-13)16(4)19-15(3)17-8-6-5-7-9-17/h5-12,15-16,19H,1-4H3. The van der Waals surface area contributed by atoms with Gasteiger partial charge in [0.1, 0.15) is 0 Å². The maximum absolute atomic E-state index is 3.67. The van der Waals surface area contributed by atoms with Crippen LogP contribution >= 0.6 is 0 Å². The maximum Gasteiger partial charge on any atom is 0.0297 e. The van der Waals surface area contributed by atoms with Crippen LogP contribution in [0.15, 0.2) is 48.5 Å². The molecule has 1 heteroatoms. The number of rotatable bonds is 4. The molecule has 0 fully saturated rings. The molecule has 0 amide bonds. The predicted molar refractivity (Wildman–Crippen MR) is 82.3 cm³/mol. The van der Waals surface area contributed by atoms with Gasteiger partial charge < -0.3 is 5.32 Å². The molecule has 0 radical (unpaired) electrons. The van der Waals surface area contributed by atoms with Crippen LogP contribution in [0, 0.1) is 13.8 Å². The molecule has 2 rings (SSSR count). The van der Waals surface area contributed by atoms with Crippen molar-refractivity contribution in [3.8, 4) is 0 Å². The lowest BCUT2D eigenvalue weighted by Crippen LogP contribution is -2.22. The van der Waals surface area contributed by atoms with Gasteiger partial charge in [-0.3, -0.25) is 0 Å². The molecule has 2 atom stereocenters. The Labute approximate surface area is 116 Å². The van der Waals surface area contributed by atoms with Gasteiger partial charge >= 0.3 is 0 Å². The molecular weight excluding hydrogens is 230 g/mol. The topological polar surface area (TPSA) is 12.0 Å². The minimum absolute atomic E-state index is 0.355. The molecule has 0 heterocycles. The summed E-state index contributed by atoms with van der Waals surface area (Å²) in [6.45, 7) is 8.76. The average molecular weight is 253 g/mol. The molecule has 1 N–H and O–H groups in total. The third kappa shape index (κ3) is 3.68. The summed E-state index contributed by atoms with van der Waals surface area (Å²) in [6.07, 6.45) is 0. The second-order valence-electron chi connectivity index (χ2n) is 5.44. The molecule has 2 aromatic carbocycles. The van der Waals surface area contributed by atoms with Crippen molar-refractivity contribution in [3.63, 3.8) is 0 Å². The first-order chi connectivity index (χ1) is 9.06. The fourth-order valence-corrected chi connectivity index (χ4v) is 2.57. The van der Waals surface area contributed by atoms with Crippen molar-refractivity contribution in [2.24, 2.45) is 0 Å². The van der Waals surface area contributed by atoms with Gasteiger partial charge in [0.2, 0.25) is 0 Å². The first-order valence-electron chi connectivity index (χ1n) is 6.95. The fourth-order valence-electron chi connectivity index (χ4n) is 2.57. The summed E-state index contributed by atoms with van der Waals surface area (Å²) in [7, 11) is 0. The van der Waals surface area contributed by atoms with Gasteiger partial charge in [-0.25, -0.2) is 0 Å². The number of nitrogens with one attached hydrogen (secondary N) is 1. The van der Waals surface area contributed by atoms with Crippen molar-refractivity contribution in [2.45, 2.75) is 39.8 Å². The Morgan fingerprint density at radius 2 is 1.26 bits per heavy atom. The third-order valence-corrected chi connectivity index (χ3v) is 3.54. The summed E-state index contributed by atoms with van der Waals surface area (Å²) in [6, 6.07) is 18.1. The second kappa shape index (κ2) is 6.03. The monoisotopic (exact) mass is 253 g/mol. The Morgan fingerprint density at radius 3 is 1.84 bits per heavy atom. The van der Waals surface area contributed by atoms with E-state index in [-0.39, 0.29) is 0 Å². The van der Waals surface area contributed by atoms with E-state index in [0.717, 1.165) is 0 Å². The van der Waals surface area contributed by atoms with Gasteiger partial charge in [0.05, 0.1) is 0 Å². The summed E-state index contributed by atoms with van der Waals surface area (Å²) in [5, 5.41) is 3.67. The highest BCUT2D eigenvalue weighted by Gasteiger charge is 2.11. The van der Waals surface area contributed by atoms with Crippen molar-refractivity contribution in [2.75, 3.05) is 0 Å². The van der Waals surface area contributed by atoms with Crippen molar-refractivity contribution in [3.05, 3.63) is 70.8 Å². The number of hydrogen-bond acceptors (Lipinski definition) is 1. The maximum atomic E-state index is 3.67. The fraction of sp³-hybridized carbons (Fsp3) is 0.333. The van der Waals surface area contributed by atoms with Gasteiger partial charge in [-0.15, -0.1) is 0 Å². The van der Waals surface area contributed by atoms with Crippen LogP contribution in [-0.2, 0) is 0 Å². The molecular formula is C18H23N. The molecule has 100 valence electrons. The van der Waals surface area contributed by atoms with Gasteiger partial charge in [0.15, 0.2) is 0 Å². The van der Waals surface area contributed by atoms with Crippen molar-refractivity contribution in [1.29, 1.82) is 0 Å². The summed E-state index contributed by atoms with van der Waals surface area (Å²) < 4.78 is 0. The van der Waals surface area contributed by atoms with Crippen molar-refractivity contribution in [1.82, 2.24) is 5.32 Å². The minimum Gasteiger partial charge on any atom is -0.304 e. The van der Waals surface area contributed by atoms with Gasteiger partial charge in [-0.05, 0) is 38.8 Å². The van der Waals surface area contributed by atoms with Crippen LogP contribution in [0.3, 0.4) is 0 Å². The third-order valence-electron chi connectivity index (χ3n) is 3.54. The molecule has 0 aromatic heterocycles. The summed E-state index contributed by atoms with van der Waals surface area (Å²) in [4.78, 5) is 0. The number of benzene rings is 2. The Morgan fingerprint density at radius 1 is 0.737 bits per heavy atom. The Hall–Kier alpha value is -1.60. The van der Waals surface area contributed by atoms with Crippen LogP contribution in [0.5, 0.6) is 0 Å². The first-order valence-corrected chi connectivity index (χ1v) is 6.95. The summed E-state index contributed by atoms with van der Waals surface area (Å²) in [5.74, 6) is 0. The van der Waals surface area contributed by atoms with Crippen LogP contribution in [0.25, 0.3) is 0 Å². The van der Waals surface area contributed by atoms with E-state index in [1.54, 1.807) is 0 Å². The van der Waals surface area contributed by atoms with Gasteiger partial charge in [-0.1, -0.05) is 59.7 Å². The Kier molecular flexibility index (Phi) is 4.39. The quantitative estimate of drug-likeness (QED) is 0.831. The summed E-state index contributed by atoms with van der Waals surface area (Å²) >= 11 is 0. The molecule has 1 nitrogen and oxygen atoms in total. The molecule has 19 heavy (non-hydrogen) atoms. The Bertz CT molecular complexity index is 510. The van der Waals surface area contributed by atoms with E-state index in [0.29, 0.717) is 12.1 Å². The molecule has 0 saturated heterocycles. The molecule has 0 bridgehead atoms. The zero-order valence-electron chi connectivity index (χ0n) is 12.3. The van der Waals surface area contributed by atoms with E-state index >= 15 is 0 Å². The van der Waals surface area contributed by atoms with E-state index < -0.39 is 0 Å². The largest absolute Gasteiger partial charge is 0.304 e. The van der Waals surface area contributed by atoms with E-state index in [4.69, 9.17) is 0 Å². The lowest BCUT2D eigenvalue weighted by Gasteiger charge is -2.21. The van der Waals surface area contributed by atoms with Gasteiger partial charge in [0, 0.05) is 12.1 Å². The van der Waals surface area contributed by atoms with Crippen LogP contribution in [0.1, 0.15) is 48.2 Å². The predicted octanol–water partition coefficient (Wildman–Crippen LogP) is 4.72. The molecule has 0 aliphatic carbocycles. The molecule has 0 spiro atoms. The highest BCUT2D eigenvalue weighted by molar-refractivity contribution is 5.30. The van der Waals surface area contributed by atoms with E-state index in [1.165, 1.54) is 22.3 Å². The van der Waals surface area contributed by atoms with Crippen LogP contribution in [-0.4, -0.2) is 0 Å². The lowest BCUT2D eigenvalue weighted by atomic mass is 10.0. The second-order valence-corrected chi connectivity index (χ2v) is 5.44. The number of hydrogen-bond donors (Lipinski definition) is 1. The molecule has 0 aliphatic heterocycles. The molecule has 2 unspecified atom stereocenters.